The monoisotopic (exact) mass is 392 g/mol. The molecule has 1 amide bonds. The highest BCUT2D eigenvalue weighted by atomic mass is 35.5. The van der Waals surface area contributed by atoms with Crippen molar-refractivity contribution in [2.45, 2.75) is 43.3 Å². The fourth-order valence-corrected chi connectivity index (χ4v) is 4.09. The zero-order valence-electron chi connectivity index (χ0n) is 14.4. The van der Waals surface area contributed by atoms with Crippen LogP contribution in [0.2, 0.25) is 5.02 Å². The highest BCUT2D eigenvalue weighted by molar-refractivity contribution is 7.89. The Labute approximate surface area is 159 Å². The lowest BCUT2D eigenvalue weighted by atomic mass is 10.2. The van der Waals surface area contributed by atoms with Gasteiger partial charge in [0.2, 0.25) is 15.9 Å². The minimum atomic E-state index is -3.79. The molecule has 1 aliphatic carbocycles. The first-order chi connectivity index (χ1) is 12.4. The molecule has 2 aromatic carbocycles. The van der Waals surface area contributed by atoms with E-state index >= 15 is 0 Å². The first-order valence-corrected chi connectivity index (χ1v) is 10.4. The lowest BCUT2D eigenvalue weighted by Gasteiger charge is -2.26. The zero-order valence-corrected chi connectivity index (χ0v) is 16.0. The van der Waals surface area contributed by atoms with Gasteiger partial charge in [0, 0.05) is 17.6 Å². The van der Waals surface area contributed by atoms with Gasteiger partial charge < -0.3 is 4.90 Å². The molecule has 1 aliphatic rings. The van der Waals surface area contributed by atoms with E-state index in [-0.39, 0.29) is 16.8 Å². The van der Waals surface area contributed by atoms with Gasteiger partial charge in [0.1, 0.15) is 0 Å². The van der Waals surface area contributed by atoms with E-state index in [1.165, 1.54) is 24.3 Å². The Morgan fingerprint density at radius 1 is 1.15 bits per heavy atom. The highest BCUT2D eigenvalue weighted by Gasteiger charge is 2.35. The first-order valence-electron chi connectivity index (χ1n) is 8.49. The molecule has 0 unspecified atom stereocenters. The largest absolute Gasteiger partial charge is 0.334 e. The maximum atomic E-state index is 12.9. The Balaban J connectivity index is 1.71. The molecule has 1 saturated carbocycles. The average molecular weight is 393 g/mol. The molecule has 1 N–H and O–H groups in total. The number of amides is 1. The van der Waals surface area contributed by atoms with E-state index < -0.39 is 16.1 Å². The van der Waals surface area contributed by atoms with Gasteiger partial charge in [0.25, 0.3) is 0 Å². The fraction of sp³-hybridized carbons (Fsp3) is 0.316. The SMILES string of the molecule is C[C@H](NS(=O)(=O)c1ccc(Cl)cc1)C(=O)N(Cc1ccccc1)C1CC1. The Bertz CT molecular complexity index is 865. The third-order valence-electron chi connectivity index (χ3n) is 4.29. The molecular formula is C19H21ClN2O3S. The van der Waals surface area contributed by atoms with Gasteiger partial charge in [-0.3, -0.25) is 4.79 Å². The van der Waals surface area contributed by atoms with E-state index in [9.17, 15) is 13.2 Å². The van der Waals surface area contributed by atoms with Crippen molar-refractivity contribution in [3.05, 3.63) is 65.2 Å². The van der Waals surface area contributed by atoms with Gasteiger partial charge in [0.05, 0.1) is 10.9 Å². The fourth-order valence-electron chi connectivity index (χ4n) is 2.77. The number of rotatable bonds is 7. The van der Waals surface area contributed by atoms with Crippen LogP contribution in [0.4, 0.5) is 0 Å². The summed E-state index contributed by atoms with van der Waals surface area (Å²) in [6.45, 7) is 2.06. The van der Waals surface area contributed by atoms with E-state index in [1.54, 1.807) is 11.8 Å². The molecule has 5 nitrogen and oxygen atoms in total. The van der Waals surface area contributed by atoms with Crippen LogP contribution in [0.25, 0.3) is 0 Å². The quantitative estimate of drug-likeness (QED) is 0.786. The number of carbonyl (C=O) groups is 1. The molecule has 0 radical (unpaired) electrons. The summed E-state index contributed by atoms with van der Waals surface area (Å²) in [5.41, 5.74) is 1.03. The van der Waals surface area contributed by atoms with Crippen molar-refractivity contribution >= 4 is 27.5 Å². The maximum Gasteiger partial charge on any atom is 0.241 e. The average Bonchev–Trinajstić information content (AvgIpc) is 3.45. The molecule has 1 atom stereocenters. The molecule has 26 heavy (non-hydrogen) atoms. The van der Waals surface area contributed by atoms with Crippen molar-refractivity contribution in [3.8, 4) is 0 Å². The number of carbonyl (C=O) groups excluding carboxylic acids is 1. The Morgan fingerprint density at radius 3 is 2.35 bits per heavy atom. The summed E-state index contributed by atoms with van der Waals surface area (Å²) < 4.78 is 27.5. The van der Waals surface area contributed by atoms with Crippen molar-refractivity contribution in [2.24, 2.45) is 0 Å². The minimum absolute atomic E-state index is 0.0857. The van der Waals surface area contributed by atoms with Crippen molar-refractivity contribution in [1.82, 2.24) is 9.62 Å². The Hall–Kier alpha value is -1.89. The molecule has 1 fully saturated rings. The molecule has 0 spiro atoms. The van der Waals surface area contributed by atoms with Gasteiger partial charge in [-0.2, -0.15) is 4.72 Å². The van der Waals surface area contributed by atoms with Crippen LogP contribution in [0.5, 0.6) is 0 Å². The third-order valence-corrected chi connectivity index (χ3v) is 6.10. The summed E-state index contributed by atoms with van der Waals surface area (Å²) in [6, 6.07) is 14.9. The van der Waals surface area contributed by atoms with Crippen LogP contribution in [-0.4, -0.2) is 31.3 Å². The number of hydrogen-bond acceptors (Lipinski definition) is 3. The van der Waals surface area contributed by atoms with Crippen LogP contribution in [0.15, 0.2) is 59.5 Å². The normalized spacial score (nSPS) is 15.5. The lowest BCUT2D eigenvalue weighted by molar-refractivity contribution is -0.133. The molecule has 0 aromatic heterocycles. The molecule has 0 bridgehead atoms. The van der Waals surface area contributed by atoms with Gasteiger partial charge in [-0.1, -0.05) is 41.9 Å². The van der Waals surface area contributed by atoms with E-state index in [0.717, 1.165) is 18.4 Å². The second kappa shape index (κ2) is 7.78. The summed E-state index contributed by atoms with van der Waals surface area (Å²) in [6.07, 6.45) is 1.91. The van der Waals surface area contributed by atoms with Crippen LogP contribution >= 0.6 is 11.6 Å². The Morgan fingerprint density at radius 2 is 1.77 bits per heavy atom. The van der Waals surface area contributed by atoms with Crippen LogP contribution < -0.4 is 4.72 Å². The van der Waals surface area contributed by atoms with E-state index in [0.29, 0.717) is 11.6 Å². The van der Waals surface area contributed by atoms with Crippen molar-refractivity contribution in [3.63, 3.8) is 0 Å². The van der Waals surface area contributed by atoms with E-state index in [2.05, 4.69) is 4.72 Å². The van der Waals surface area contributed by atoms with Gasteiger partial charge in [-0.25, -0.2) is 8.42 Å². The van der Waals surface area contributed by atoms with Gasteiger partial charge in [-0.05, 0) is 49.6 Å². The molecule has 2 aromatic rings. The number of nitrogens with zero attached hydrogens (tertiary/aromatic N) is 1. The molecule has 0 aliphatic heterocycles. The van der Waals surface area contributed by atoms with Crippen LogP contribution in [-0.2, 0) is 21.4 Å². The van der Waals surface area contributed by atoms with Crippen molar-refractivity contribution in [2.75, 3.05) is 0 Å². The Kier molecular flexibility index (Phi) is 5.65. The summed E-state index contributed by atoms with van der Waals surface area (Å²) in [5.74, 6) is -0.214. The molecular weight excluding hydrogens is 372 g/mol. The number of hydrogen-bond donors (Lipinski definition) is 1. The summed E-state index contributed by atoms with van der Waals surface area (Å²) in [7, 11) is -3.79. The van der Waals surface area contributed by atoms with E-state index in [4.69, 9.17) is 11.6 Å². The van der Waals surface area contributed by atoms with Gasteiger partial charge in [0.15, 0.2) is 0 Å². The topological polar surface area (TPSA) is 66.5 Å². The van der Waals surface area contributed by atoms with Crippen LogP contribution in [0.3, 0.4) is 0 Å². The predicted molar refractivity (Wildman–Crippen MR) is 101 cm³/mol. The minimum Gasteiger partial charge on any atom is -0.334 e. The number of halogens is 1. The van der Waals surface area contributed by atoms with Crippen LogP contribution in [0, 0.1) is 0 Å². The third kappa shape index (κ3) is 4.63. The number of sulfonamides is 1. The maximum absolute atomic E-state index is 12.9. The predicted octanol–water partition coefficient (Wildman–Crippen LogP) is 3.20. The lowest BCUT2D eigenvalue weighted by Crippen LogP contribution is -2.47. The summed E-state index contributed by atoms with van der Waals surface area (Å²) >= 11 is 5.80. The molecule has 0 heterocycles. The second-order valence-corrected chi connectivity index (χ2v) is 8.63. The summed E-state index contributed by atoms with van der Waals surface area (Å²) in [4.78, 5) is 14.7. The van der Waals surface area contributed by atoms with E-state index in [1.807, 2.05) is 30.3 Å². The smallest absolute Gasteiger partial charge is 0.241 e. The van der Waals surface area contributed by atoms with Crippen molar-refractivity contribution < 1.29 is 13.2 Å². The summed E-state index contributed by atoms with van der Waals surface area (Å²) in [5, 5.41) is 0.454. The van der Waals surface area contributed by atoms with Gasteiger partial charge >= 0.3 is 0 Å². The highest BCUT2D eigenvalue weighted by Crippen LogP contribution is 2.29. The molecule has 0 saturated heterocycles. The number of nitrogens with one attached hydrogen (secondary N) is 1. The molecule has 3 rings (SSSR count). The van der Waals surface area contributed by atoms with Gasteiger partial charge in [-0.15, -0.1) is 0 Å². The van der Waals surface area contributed by atoms with Crippen molar-refractivity contribution in [1.29, 1.82) is 0 Å². The standard InChI is InChI=1S/C19H21ClN2O3S/c1-14(21-26(24,25)18-11-7-16(20)8-12-18)19(23)22(17-9-10-17)13-15-5-3-2-4-6-15/h2-8,11-12,14,17,21H,9-10,13H2,1H3/t14-/m0/s1. The second-order valence-electron chi connectivity index (χ2n) is 6.48. The molecule has 7 heteroatoms. The molecule has 138 valence electrons. The number of benzene rings is 2. The van der Waals surface area contributed by atoms with Crippen LogP contribution in [0.1, 0.15) is 25.3 Å². The zero-order chi connectivity index (χ0) is 18.7. The first kappa shape index (κ1) is 18.9.